The summed E-state index contributed by atoms with van der Waals surface area (Å²) in [5.74, 6) is 0.537. The number of likely N-dealkylation sites (tertiary alicyclic amines) is 1. The third-order valence-electron chi connectivity index (χ3n) is 5.25. The number of carbonyl (C=O) groups excluding carboxylic acids is 3. The van der Waals surface area contributed by atoms with Gasteiger partial charge in [-0.05, 0) is 37.1 Å². The number of rotatable bonds is 6. The summed E-state index contributed by atoms with van der Waals surface area (Å²) in [6.45, 7) is 5.22. The molecule has 0 saturated carbocycles. The van der Waals surface area contributed by atoms with Crippen LogP contribution in [0.2, 0.25) is 0 Å². The molecule has 3 rings (SSSR count). The average Bonchev–Trinajstić information content (AvgIpc) is 3.25. The van der Waals surface area contributed by atoms with Crippen LogP contribution in [-0.4, -0.2) is 92.0 Å². The van der Waals surface area contributed by atoms with Gasteiger partial charge in [0.1, 0.15) is 5.75 Å². The van der Waals surface area contributed by atoms with Gasteiger partial charge in [-0.25, -0.2) is 4.79 Å². The van der Waals surface area contributed by atoms with E-state index < -0.39 is 6.03 Å². The van der Waals surface area contributed by atoms with E-state index in [0.29, 0.717) is 31.1 Å². The summed E-state index contributed by atoms with van der Waals surface area (Å²) in [5.41, 5.74) is 0.576. The molecule has 0 unspecified atom stereocenters. The highest BCUT2D eigenvalue weighted by Gasteiger charge is 2.24. The van der Waals surface area contributed by atoms with Gasteiger partial charge in [0.2, 0.25) is 11.8 Å². The van der Waals surface area contributed by atoms with Gasteiger partial charge in [-0.2, -0.15) is 0 Å². The zero-order chi connectivity index (χ0) is 20.6. The molecule has 2 aliphatic rings. The summed E-state index contributed by atoms with van der Waals surface area (Å²) < 4.78 is 5.07. The maximum Gasteiger partial charge on any atom is 0.325 e. The van der Waals surface area contributed by atoms with Gasteiger partial charge in [0.25, 0.3) is 0 Å². The van der Waals surface area contributed by atoms with Crippen molar-refractivity contribution in [2.24, 2.45) is 0 Å². The molecular formula is C20H29N5O4. The van der Waals surface area contributed by atoms with Gasteiger partial charge < -0.3 is 15.0 Å². The van der Waals surface area contributed by atoms with E-state index in [4.69, 9.17) is 4.74 Å². The molecule has 29 heavy (non-hydrogen) atoms. The van der Waals surface area contributed by atoms with Gasteiger partial charge in [0, 0.05) is 45.0 Å². The lowest BCUT2D eigenvalue weighted by Gasteiger charge is -2.34. The predicted molar refractivity (Wildman–Crippen MR) is 109 cm³/mol. The smallest absolute Gasteiger partial charge is 0.325 e. The van der Waals surface area contributed by atoms with E-state index in [1.807, 2.05) is 9.80 Å². The van der Waals surface area contributed by atoms with E-state index in [0.717, 1.165) is 39.0 Å². The van der Waals surface area contributed by atoms with Crippen LogP contribution in [0.5, 0.6) is 5.75 Å². The van der Waals surface area contributed by atoms with Crippen molar-refractivity contribution in [2.75, 3.05) is 64.8 Å². The molecule has 2 N–H and O–H groups in total. The van der Waals surface area contributed by atoms with E-state index in [-0.39, 0.29) is 18.4 Å². The largest absolute Gasteiger partial charge is 0.497 e. The Morgan fingerprint density at radius 2 is 1.48 bits per heavy atom. The second-order valence-electron chi connectivity index (χ2n) is 7.37. The van der Waals surface area contributed by atoms with E-state index in [9.17, 15) is 14.4 Å². The van der Waals surface area contributed by atoms with Crippen LogP contribution in [-0.2, 0) is 9.59 Å². The number of urea groups is 1. The number of imide groups is 1. The number of methoxy groups -OCH3 is 1. The number of nitrogens with zero attached hydrogens (tertiary/aromatic N) is 3. The summed E-state index contributed by atoms with van der Waals surface area (Å²) >= 11 is 0. The summed E-state index contributed by atoms with van der Waals surface area (Å²) in [4.78, 5) is 42.4. The fraction of sp³-hybridized carbons (Fsp3) is 0.550. The molecule has 2 saturated heterocycles. The number of carbonyl (C=O) groups is 3. The Hall–Kier alpha value is -2.65. The standard InChI is InChI=1S/C20H29N5O4/c1-29-17-6-4-16(5-7-17)21-20(28)22-18(26)14-23-10-12-24(13-11-23)15-19(27)25-8-2-3-9-25/h4-7H,2-3,8-15H2,1H3,(H2,21,22,26,28). The number of benzene rings is 1. The molecule has 0 aromatic heterocycles. The van der Waals surface area contributed by atoms with Crippen LogP contribution in [0.1, 0.15) is 12.8 Å². The predicted octanol–water partition coefficient (Wildman–Crippen LogP) is 0.583. The quantitative estimate of drug-likeness (QED) is 0.722. The van der Waals surface area contributed by atoms with Gasteiger partial charge in [-0.3, -0.25) is 24.7 Å². The zero-order valence-electron chi connectivity index (χ0n) is 16.9. The number of nitrogens with one attached hydrogen (secondary N) is 2. The van der Waals surface area contributed by atoms with Crippen molar-refractivity contribution in [1.29, 1.82) is 0 Å². The molecule has 0 bridgehead atoms. The Morgan fingerprint density at radius 1 is 0.897 bits per heavy atom. The maximum absolute atomic E-state index is 12.2. The molecule has 2 aliphatic heterocycles. The van der Waals surface area contributed by atoms with Gasteiger partial charge >= 0.3 is 6.03 Å². The second kappa shape index (κ2) is 10.2. The van der Waals surface area contributed by atoms with Crippen LogP contribution < -0.4 is 15.4 Å². The molecule has 0 aliphatic carbocycles. The van der Waals surface area contributed by atoms with Crippen LogP contribution in [0.15, 0.2) is 24.3 Å². The highest BCUT2D eigenvalue weighted by Crippen LogP contribution is 2.14. The van der Waals surface area contributed by atoms with E-state index in [1.54, 1.807) is 31.4 Å². The molecular weight excluding hydrogens is 374 g/mol. The molecule has 0 spiro atoms. The lowest BCUT2D eigenvalue weighted by molar-refractivity contribution is -0.132. The maximum atomic E-state index is 12.2. The Labute approximate surface area is 171 Å². The first-order valence-corrected chi connectivity index (χ1v) is 10.0. The van der Waals surface area contributed by atoms with Gasteiger partial charge in [-0.15, -0.1) is 0 Å². The Kier molecular flexibility index (Phi) is 7.42. The first kappa shape index (κ1) is 21.1. The Morgan fingerprint density at radius 3 is 2.07 bits per heavy atom. The van der Waals surface area contributed by atoms with Crippen LogP contribution >= 0.6 is 0 Å². The molecule has 1 aromatic rings. The molecule has 9 nitrogen and oxygen atoms in total. The van der Waals surface area contributed by atoms with Crippen molar-refractivity contribution in [1.82, 2.24) is 20.0 Å². The van der Waals surface area contributed by atoms with Crippen LogP contribution in [0.3, 0.4) is 0 Å². The summed E-state index contributed by atoms with van der Waals surface area (Å²) in [7, 11) is 1.57. The molecule has 0 radical (unpaired) electrons. The van der Waals surface area contributed by atoms with Crippen LogP contribution in [0.25, 0.3) is 0 Å². The summed E-state index contributed by atoms with van der Waals surface area (Å²) in [5, 5.41) is 4.97. The molecule has 2 fully saturated rings. The first-order valence-electron chi connectivity index (χ1n) is 10.0. The number of anilines is 1. The van der Waals surface area contributed by atoms with Gasteiger partial charge in [0.15, 0.2) is 0 Å². The van der Waals surface area contributed by atoms with Crippen LogP contribution in [0.4, 0.5) is 10.5 Å². The number of hydrogen-bond acceptors (Lipinski definition) is 6. The minimum atomic E-state index is -0.560. The summed E-state index contributed by atoms with van der Waals surface area (Å²) in [6, 6.07) is 6.29. The molecule has 4 amide bonds. The lowest BCUT2D eigenvalue weighted by atomic mass is 10.3. The SMILES string of the molecule is COc1ccc(NC(=O)NC(=O)CN2CCN(CC(=O)N3CCCC3)CC2)cc1. The minimum Gasteiger partial charge on any atom is -0.497 e. The van der Waals surface area contributed by atoms with E-state index >= 15 is 0 Å². The first-order chi connectivity index (χ1) is 14.0. The average molecular weight is 403 g/mol. The third-order valence-corrected chi connectivity index (χ3v) is 5.25. The fourth-order valence-electron chi connectivity index (χ4n) is 3.57. The topological polar surface area (TPSA) is 94.2 Å². The monoisotopic (exact) mass is 403 g/mol. The zero-order valence-corrected chi connectivity index (χ0v) is 16.9. The normalized spacial score (nSPS) is 17.8. The Balaban J connectivity index is 1.34. The van der Waals surface area contributed by atoms with Crippen molar-refractivity contribution in [3.63, 3.8) is 0 Å². The molecule has 2 heterocycles. The van der Waals surface area contributed by atoms with Gasteiger partial charge in [0.05, 0.1) is 20.2 Å². The van der Waals surface area contributed by atoms with Crippen molar-refractivity contribution < 1.29 is 19.1 Å². The molecule has 158 valence electrons. The molecule has 9 heteroatoms. The number of piperazine rings is 1. The fourth-order valence-corrected chi connectivity index (χ4v) is 3.57. The van der Waals surface area contributed by atoms with Gasteiger partial charge in [-0.1, -0.05) is 0 Å². The van der Waals surface area contributed by atoms with Crippen molar-refractivity contribution in [2.45, 2.75) is 12.8 Å². The number of ether oxygens (including phenoxy) is 1. The third kappa shape index (κ3) is 6.43. The van der Waals surface area contributed by atoms with Crippen molar-refractivity contribution >= 4 is 23.5 Å². The lowest BCUT2D eigenvalue weighted by Crippen LogP contribution is -2.52. The minimum absolute atomic E-state index is 0.157. The highest BCUT2D eigenvalue weighted by atomic mass is 16.5. The van der Waals surface area contributed by atoms with E-state index in [2.05, 4.69) is 15.5 Å². The number of hydrogen-bond donors (Lipinski definition) is 2. The number of amides is 4. The Bertz CT molecular complexity index is 710. The second-order valence-corrected chi connectivity index (χ2v) is 7.37. The van der Waals surface area contributed by atoms with Crippen LogP contribution in [0, 0.1) is 0 Å². The molecule has 0 atom stereocenters. The summed E-state index contributed by atoms with van der Waals surface area (Å²) in [6.07, 6.45) is 2.20. The highest BCUT2D eigenvalue weighted by molar-refractivity contribution is 6.01. The van der Waals surface area contributed by atoms with E-state index in [1.165, 1.54) is 0 Å². The molecule has 1 aromatic carbocycles. The van der Waals surface area contributed by atoms with Crippen molar-refractivity contribution in [3.8, 4) is 5.75 Å². The van der Waals surface area contributed by atoms with Crippen molar-refractivity contribution in [3.05, 3.63) is 24.3 Å².